The monoisotopic (exact) mass is 902 g/mol. The van der Waals surface area contributed by atoms with Gasteiger partial charge in [0.1, 0.15) is 85.0 Å². The second-order valence-electron chi connectivity index (χ2n) is 13.6. The first-order valence-electron chi connectivity index (χ1n) is 17.6. The SMILES string of the molecule is NC(=O)c1ncn([C@@H]2O[C@H](COP(=O)(O)O[C@@H]3[C@H](O)[C@@H](CO)O[C@H]3n3cnc4c(N)ncnc43)[C@@H](O)[C@H]2OP(=O)(O)OC[C@H]2O[C@@H](n3cnc4c(N)ncnc43)[C@H](O)[C@@H]2O)n1. The normalized spacial score (nSPS) is 32.4. The maximum atomic E-state index is 13.4. The van der Waals surface area contributed by atoms with Gasteiger partial charge in [0, 0.05) is 0 Å². The van der Waals surface area contributed by atoms with Crippen LogP contribution in [0.15, 0.2) is 31.6 Å². The quantitative estimate of drug-likeness (QED) is 0.0442. The van der Waals surface area contributed by atoms with Crippen molar-refractivity contribution in [3.63, 3.8) is 0 Å². The molecule has 0 bridgehead atoms. The van der Waals surface area contributed by atoms with Crippen molar-refractivity contribution in [3.05, 3.63) is 37.5 Å². The molecule has 330 valence electrons. The molecule has 31 nitrogen and oxygen atoms in total. The van der Waals surface area contributed by atoms with Crippen LogP contribution in [0.1, 0.15) is 29.3 Å². The van der Waals surface area contributed by atoms with Gasteiger partial charge < -0.3 is 66.7 Å². The predicted molar refractivity (Wildman–Crippen MR) is 192 cm³/mol. The van der Waals surface area contributed by atoms with Gasteiger partial charge in [0.25, 0.3) is 5.91 Å². The number of carbonyl (C=O) groups excluding carboxylic acids is 1. The number of rotatable bonds is 15. The van der Waals surface area contributed by atoms with Crippen molar-refractivity contribution < 1.29 is 81.5 Å². The Balaban J connectivity index is 0.955. The summed E-state index contributed by atoms with van der Waals surface area (Å²) in [5.41, 5.74) is 17.5. The van der Waals surface area contributed by atoms with Crippen LogP contribution in [-0.4, -0.2) is 170 Å². The Hall–Kier alpha value is -4.79. The molecule has 1 amide bonds. The highest BCUT2D eigenvalue weighted by atomic mass is 31.2. The van der Waals surface area contributed by atoms with E-state index in [9.17, 15) is 49.2 Å². The predicted octanol–water partition coefficient (Wildman–Crippen LogP) is -4.65. The van der Waals surface area contributed by atoms with E-state index in [1.54, 1.807) is 0 Å². The molecular formula is C28H36N14O17P2. The molecule has 2 unspecified atom stereocenters. The second kappa shape index (κ2) is 16.5. The van der Waals surface area contributed by atoms with Crippen molar-refractivity contribution in [3.8, 4) is 0 Å². The molecule has 0 saturated carbocycles. The highest BCUT2D eigenvalue weighted by Crippen LogP contribution is 2.52. The molecule has 0 aromatic carbocycles. The molecule has 0 aliphatic carbocycles. The van der Waals surface area contributed by atoms with Crippen LogP contribution in [0.2, 0.25) is 0 Å². The molecule has 5 aromatic rings. The molecule has 0 spiro atoms. The van der Waals surface area contributed by atoms with Crippen LogP contribution < -0.4 is 17.2 Å². The molecule has 8 rings (SSSR count). The topological polar surface area (TPSA) is 453 Å². The molecule has 8 heterocycles. The number of anilines is 2. The molecule has 3 aliphatic heterocycles. The number of fused-ring (bicyclic) bond motifs is 2. The van der Waals surface area contributed by atoms with Gasteiger partial charge in [-0.3, -0.25) is 32.0 Å². The van der Waals surface area contributed by atoms with Gasteiger partial charge in [-0.1, -0.05) is 0 Å². The first kappa shape index (κ1) is 42.9. The lowest BCUT2D eigenvalue weighted by atomic mass is 10.1. The van der Waals surface area contributed by atoms with Crippen molar-refractivity contribution in [2.45, 2.75) is 73.6 Å². The smallest absolute Gasteiger partial charge is 0.394 e. The van der Waals surface area contributed by atoms with Crippen LogP contribution >= 0.6 is 15.6 Å². The Morgan fingerprint density at radius 3 is 1.70 bits per heavy atom. The molecule has 61 heavy (non-hydrogen) atoms. The number of ether oxygens (including phenoxy) is 3. The van der Waals surface area contributed by atoms with Crippen LogP contribution in [-0.2, 0) is 41.4 Å². The number of imidazole rings is 2. The molecule has 14 atom stereocenters. The molecule has 5 aromatic heterocycles. The number of primary amides is 1. The lowest BCUT2D eigenvalue weighted by Gasteiger charge is -2.25. The van der Waals surface area contributed by atoms with Crippen molar-refractivity contribution in [2.75, 3.05) is 31.3 Å². The second-order valence-corrected chi connectivity index (χ2v) is 16.4. The van der Waals surface area contributed by atoms with Gasteiger partial charge in [-0.05, 0) is 0 Å². The Morgan fingerprint density at radius 2 is 1.16 bits per heavy atom. The van der Waals surface area contributed by atoms with E-state index >= 15 is 0 Å². The Morgan fingerprint density at radius 1 is 0.672 bits per heavy atom. The number of aliphatic hydroxyl groups excluding tert-OH is 5. The molecule has 0 radical (unpaired) electrons. The maximum absolute atomic E-state index is 13.4. The third kappa shape index (κ3) is 8.18. The number of nitrogen functional groups attached to an aromatic ring is 2. The van der Waals surface area contributed by atoms with E-state index in [-0.39, 0.29) is 34.0 Å². The summed E-state index contributed by atoms with van der Waals surface area (Å²) < 4.78 is 68.0. The van der Waals surface area contributed by atoms with Crippen LogP contribution in [0, 0.1) is 0 Å². The number of phosphoric acid groups is 2. The van der Waals surface area contributed by atoms with Crippen LogP contribution in [0.4, 0.5) is 11.6 Å². The minimum Gasteiger partial charge on any atom is -0.394 e. The fourth-order valence-electron chi connectivity index (χ4n) is 6.81. The standard InChI is InChI=1S/C28H36N14O17P2/c29-20-12-24(34-4-32-20)40(6-36-12)26-17(47)14(44)10(56-26)2-53-61(51,52)59-19-16(46)11(57-28(19)42-8-38-23(39-42)22(31)48)3-54-60(49,50)58-18-15(45)9(1-43)55-27(18)41-7-37-13-21(30)33-5-35-25(13)41/h4-11,14-19,26-28,43-47H,1-3H2,(H2,31,48)(H,49,50)(H,51,52)(H2,29,32,34)(H2,30,33,35)/t9-,10-,11-,14-,15-,16-,17-,18-,19-,26-,27-,28-/m1/s1. The zero-order valence-electron chi connectivity index (χ0n) is 30.7. The number of phosphoric ester groups is 2. The van der Waals surface area contributed by atoms with E-state index < -0.39 is 121 Å². The highest BCUT2D eigenvalue weighted by Gasteiger charge is 2.53. The first-order chi connectivity index (χ1) is 29.0. The van der Waals surface area contributed by atoms with Crippen molar-refractivity contribution in [2.24, 2.45) is 5.73 Å². The van der Waals surface area contributed by atoms with Crippen molar-refractivity contribution in [1.82, 2.24) is 53.8 Å². The number of hydrogen-bond acceptors (Lipinski definition) is 25. The van der Waals surface area contributed by atoms with Crippen LogP contribution in [0.3, 0.4) is 0 Å². The highest BCUT2D eigenvalue weighted by molar-refractivity contribution is 7.47. The number of amides is 1. The van der Waals surface area contributed by atoms with Gasteiger partial charge in [0.2, 0.25) is 5.82 Å². The third-order valence-electron chi connectivity index (χ3n) is 9.77. The lowest BCUT2D eigenvalue weighted by molar-refractivity contribution is -0.0689. The zero-order chi connectivity index (χ0) is 43.5. The summed E-state index contributed by atoms with van der Waals surface area (Å²) in [4.78, 5) is 61.1. The van der Waals surface area contributed by atoms with Crippen LogP contribution in [0.5, 0.6) is 0 Å². The molecule has 13 N–H and O–H groups in total. The van der Waals surface area contributed by atoms with Gasteiger partial charge in [0.05, 0.1) is 32.5 Å². The molecule has 3 fully saturated rings. The Kier molecular flexibility index (Phi) is 11.6. The van der Waals surface area contributed by atoms with Crippen molar-refractivity contribution in [1.29, 1.82) is 0 Å². The summed E-state index contributed by atoms with van der Waals surface area (Å²) in [6.07, 6.45) is -14.1. The van der Waals surface area contributed by atoms with Gasteiger partial charge in [-0.15, -0.1) is 5.10 Å². The summed E-state index contributed by atoms with van der Waals surface area (Å²) in [7, 11) is -10.6. The number of carbonyl (C=O) groups is 1. The minimum atomic E-state index is -5.32. The molecule has 3 aliphatic rings. The summed E-state index contributed by atoms with van der Waals surface area (Å²) in [6, 6.07) is 0. The summed E-state index contributed by atoms with van der Waals surface area (Å²) in [5, 5.41) is 57.3. The van der Waals surface area contributed by atoms with E-state index in [2.05, 4.69) is 40.0 Å². The van der Waals surface area contributed by atoms with E-state index in [0.29, 0.717) is 0 Å². The number of aromatic nitrogens is 11. The maximum Gasteiger partial charge on any atom is 0.472 e. The Bertz CT molecular complexity index is 2510. The van der Waals surface area contributed by atoms with Crippen LogP contribution in [0.25, 0.3) is 22.3 Å². The number of aliphatic hydroxyl groups is 5. The minimum absolute atomic E-state index is 0.0100. The largest absolute Gasteiger partial charge is 0.472 e. The average molecular weight is 903 g/mol. The summed E-state index contributed by atoms with van der Waals surface area (Å²) >= 11 is 0. The fourth-order valence-corrected chi connectivity index (χ4v) is 8.68. The summed E-state index contributed by atoms with van der Waals surface area (Å²) in [5.74, 6) is -1.60. The van der Waals surface area contributed by atoms with E-state index in [1.165, 1.54) is 21.8 Å². The van der Waals surface area contributed by atoms with E-state index in [4.69, 9.17) is 49.5 Å². The third-order valence-corrected chi connectivity index (χ3v) is 11.7. The number of hydrogen-bond donors (Lipinski definition) is 10. The van der Waals surface area contributed by atoms with Gasteiger partial charge in [-0.2, -0.15) is 0 Å². The summed E-state index contributed by atoms with van der Waals surface area (Å²) in [6.45, 7) is -2.63. The molecule has 3 saturated heterocycles. The van der Waals surface area contributed by atoms with Gasteiger partial charge in [-0.25, -0.2) is 48.7 Å². The average Bonchev–Trinajstić information content (AvgIpc) is 4.08. The fraction of sp³-hybridized carbons (Fsp3) is 0.536. The van der Waals surface area contributed by atoms with Gasteiger partial charge in [0.15, 0.2) is 41.6 Å². The van der Waals surface area contributed by atoms with Gasteiger partial charge >= 0.3 is 15.6 Å². The van der Waals surface area contributed by atoms with E-state index in [1.807, 2.05) is 0 Å². The number of nitrogens with two attached hydrogens (primary N) is 3. The Labute approximate surface area is 338 Å². The van der Waals surface area contributed by atoms with E-state index in [0.717, 1.165) is 23.7 Å². The first-order valence-corrected chi connectivity index (χ1v) is 20.6. The molecular weight excluding hydrogens is 866 g/mol. The zero-order valence-corrected chi connectivity index (χ0v) is 32.5. The number of nitrogens with zero attached hydrogens (tertiary/aromatic N) is 11. The molecule has 33 heteroatoms. The lowest BCUT2D eigenvalue weighted by Crippen LogP contribution is -2.37. The van der Waals surface area contributed by atoms with Crippen molar-refractivity contribution >= 4 is 55.5 Å².